The minimum Gasteiger partial charge on any atom is -0.489 e. The van der Waals surface area contributed by atoms with E-state index >= 15 is 0 Å². The van der Waals surface area contributed by atoms with E-state index in [1.54, 1.807) is 48.6 Å². The van der Waals surface area contributed by atoms with Gasteiger partial charge < -0.3 is 4.74 Å². The van der Waals surface area contributed by atoms with Crippen molar-refractivity contribution in [3.63, 3.8) is 0 Å². The number of hydrogen-bond acceptors (Lipinski definition) is 3. The Morgan fingerprint density at radius 3 is 1.76 bits per heavy atom. The van der Waals surface area contributed by atoms with E-state index in [0.717, 1.165) is 5.57 Å². The average Bonchev–Trinajstić information content (AvgIpc) is 3.00. The van der Waals surface area contributed by atoms with E-state index in [4.69, 9.17) is 4.74 Å². The number of ketones is 2. The number of hydrogen-bond donors (Lipinski definition) is 0. The highest BCUT2D eigenvalue weighted by atomic mass is 16.5. The molecular weight excluding hydrogens is 456 g/mol. The first-order chi connectivity index (χ1) is 17.2. The second kappa shape index (κ2) is 13.7. The van der Waals surface area contributed by atoms with Gasteiger partial charge in [-0.25, -0.2) is 0 Å². The molecule has 0 amide bonds. The molecule has 1 rings (SSSR count). The van der Waals surface area contributed by atoms with Crippen LogP contribution in [-0.2, 0) is 14.3 Å². The molecule has 1 unspecified atom stereocenters. The Kier molecular flexibility index (Phi) is 11.7. The fourth-order valence-electron chi connectivity index (χ4n) is 3.60. The van der Waals surface area contributed by atoms with Crippen LogP contribution in [-0.4, -0.2) is 17.2 Å². The van der Waals surface area contributed by atoms with Crippen molar-refractivity contribution in [3.8, 4) is 0 Å². The summed E-state index contributed by atoms with van der Waals surface area (Å²) in [5.74, 6) is 0.331. The monoisotopic (exact) mass is 500 g/mol. The second-order valence-corrected chi connectivity index (χ2v) is 11.0. The molecule has 198 valence electrons. The Morgan fingerprint density at radius 1 is 0.811 bits per heavy atom. The summed E-state index contributed by atoms with van der Waals surface area (Å²) < 4.78 is 5.92. The van der Waals surface area contributed by atoms with Crippen molar-refractivity contribution < 1.29 is 14.3 Å². The highest BCUT2D eigenvalue weighted by Crippen LogP contribution is 2.27. The minimum absolute atomic E-state index is 0.0890. The van der Waals surface area contributed by atoms with Gasteiger partial charge in [0.05, 0.1) is 0 Å². The smallest absolute Gasteiger partial charge is 0.192 e. The largest absolute Gasteiger partial charge is 0.489 e. The zero-order valence-corrected chi connectivity index (χ0v) is 24.1. The van der Waals surface area contributed by atoms with E-state index in [-0.39, 0.29) is 28.5 Å². The van der Waals surface area contributed by atoms with E-state index in [9.17, 15) is 9.59 Å². The van der Waals surface area contributed by atoms with Gasteiger partial charge in [-0.2, -0.15) is 0 Å². The molecule has 0 bridgehead atoms. The molecule has 3 heteroatoms. The van der Waals surface area contributed by atoms with Crippen LogP contribution in [0.1, 0.15) is 62.3 Å². The number of carbonyl (C=O) groups is 2. The van der Waals surface area contributed by atoms with Crippen molar-refractivity contribution in [3.05, 3.63) is 120 Å². The fraction of sp³-hybridized carbons (Fsp3) is 0.353. The van der Waals surface area contributed by atoms with E-state index in [2.05, 4.69) is 33.9 Å². The van der Waals surface area contributed by atoms with Crippen LogP contribution in [0.3, 0.4) is 0 Å². The molecular formula is C34H44O3. The fourth-order valence-corrected chi connectivity index (χ4v) is 3.60. The summed E-state index contributed by atoms with van der Waals surface area (Å²) >= 11 is 0. The van der Waals surface area contributed by atoms with Gasteiger partial charge in [-0.1, -0.05) is 95.5 Å². The lowest BCUT2D eigenvalue weighted by Crippen LogP contribution is -2.18. The summed E-state index contributed by atoms with van der Waals surface area (Å²) in [6.07, 6.45) is 21.5. The van der Waals surface area contributed by atoms with Crippen LogP contribution in [0.4, 0.5) is 0 Å². The first-order valence-corrected chi connectivity index (χ1v) is 12.7. The van der Waals surface area contributed by atoms with Crippen molar-refractivity contribution >= 4 is 11.6 Å². The molecule has 0 aromatic heterocycles. The standard InChI is InChI=1S/C34H44O3/c1-12-25(18-20-29(14-3)33(6,7)8)31(35)27-16-17-28(23-24(5)22-27)32(36)26(13-2)19-21-30(15-4)37-34(9,10)11/h12-24H,1,3H2,2,4-11H3/b21-19-,25-18+,26-13+,29-20+,30-15+. The third kappa shape index (κ3) is 10.2. The molecule has 0 aliphatic heterocycles. The lowest BCUT2D eigenvalue weighted by molar-refractivity contribution is -0.112. The molecule has 0 saturated heterocycles. The molecule has 0 spiro atoms. The van der Waals surface area contributed by atoms with E-state index < -0.39 is 0 Å². The summed E-state index contributed by atoms with van der Waals surface area (Å²) in [7, 11) is 0. The lowest BCUT2D eigenvalue weighted by atomic mass is 9.86. The van der Waals surface area contributed by atoms with Gasteiger partial charge in [0, 0.05) is 22.3 Å². The van der Waals surface area contributed by atoms with Gasteiger partial charge in [0.25, 0.3) is 0 Å². The Hall–Kier alpha value is -3.46. The maximum Gasteiger partial charge on any atom is 0.192 e. The molecule has 37 heavy (non-hydrogen) atoms. The third-order valence-electron chi connectivity index (χ3n) is 5.57. The number of carbonyl (C=O) groups excluding carboxylic acids is 2. The number of rotatable bonds is 10. The summed E-state index contributed by atoms with van der Waals surface area (Å²) in [6.45, 7) is 25.6. The number of ether oxygens (including phenoxy) is 1. The van der Waals surface area contributed by atoms with Gasteiger partial charge in [-0.15, -0.1) is 0 Å². The molecule has 1 aliphatic rings. The van der Waals surface area contributed by atoms with Crippen LogP contribution in [0.15, 0.2) is 120 Å². The highest BCUT2D eigenvalue weighted by Gasteiger charge is 2.19. The van der Waals surface area contributed by atoms with Crippen molar-refractivity contribution in [2.24, 2.45) is 11.3 Å². The molecule has 0 aromatic carbocycles. The molecule has 1 atom stereocenters. The maximum absolute atomic E-state index is 13.3. The molecule has 0 saturated carbocycles. The first-order valence-electron chi connectivity index (χ1n) is 12.7. The Bertz CT molecular complexity index is 1140. The molecule has 1 aliphatic carbocycles. The Morgan fingerprint density at radius 2 is 1.35 bits per heavy atom. The predicted molar refractivity (Wildman–Crippen MR) is 158 cm³/mol. The van der Waals surface area contributed by atoms with Gasteiger partial charge in [-0.3, -0.25) is 9.59 Å². The van der Waals surface area contributed by atoms with Crippen molar-refractivity contribution in [2.45, 2.75) is 67.9 Å². The van der Waals surface area contributed by atoms with Crippen molar-refractivity contribution in [1.82, 2.24) is 0 Å². The molecule has 0 fully saturated rings. The lowest BCUT2D eigenvalue weighted by Gasteiger charge is -2.21. The molecule has 0 N–H and O–H groups in total. The zero-order chi connectivity index (χ0) is 28.4. The van der Waals surface area contributed by atoms with E-state index in [1.807, 2.05) is 65.8 Å². The average molecular weight is 501 g/mol. The first kappa shape index (κ1) is 31.6. The van der Waals surface area contributed by atoms with Crippen LogP contribution < -0.4 is 0 Å². The minimum atomic E-state index is -0.336. The number of allylic oxidation sites excluding steroid dienone is 17. The maximum atomic E-state index is 13.3. The summed E-state index contributed by atoms with van der Waals surface area (Å²) in [5.41, 5.74) is 2.69. The highest BCUT2D eigenvalue weighted by molar-refractivity contribution is 6.14. The van der Waals surface area contributed by atoms with Crippen LogP contribution in [0.2, 0.25) is 0 Å². The van der Waals surface area contributed by atoms with Gasteiger partial charge in [0.2, 0.25) is 0 Å². The van der Waals surface area contributed by atoms with Gasteiger partial charge in [0.15, 0.2) is 11.6 Å². The van der Waals surface area contributed by atoms with Crippen LogP contribution in [0.25, 0.3) is 0 Å². The quantitative estimate of drug-likeness (QED) is 0.171. The number of Topliss-reactive ketones (excluding diaryl/α,β-unsaturated/α-hetero) is 2. The van der Waals surface area contributed by atoms with Gasteiger partial charge in [0.1, 0.15) is 11.4 Å². The molecule has 3 nitrogen and oxygen atoms in total. The van der Waals surface area contributed by atoms with Crippen LogP contribution in [0, 0.1) is 11.3 Å². The van der Waals surface area contributed by atoms with Crippen LogP contribution >= 0.6 is 0 Å². The van der Waals surface area contributed by atoms with Crippen molar-refractivity contribution in [1.29, 1.82) is 0 Å². The van der Waals surface area contributed by atoms with Gasteiger partial charge in [-0.05, 0) is 69.8 Å². The van der Waals surface area contributed by atoms with E-state index in [1.165, 1.54) is 0 Å². The summed E-state index contributed by atoms with van der Waals surface area (Å²) in [6, 6.07) is 0. The Labute approximate surface area is 224 Å². The topological polar surface area (TPSA) is 43.4 Å². The molecule has 0 heterocycles. The molecule has 0 aromatic rings. The zero-order valence-electron chi connectivity index (χ0n) is 24.1. The van der Waals surface area contributed by atoms with E-state index in [0.29, 0.717) is 28.1 Å². The van der Waals surface area contributed by atoms with Crippen LogP contribution in [0.5, 0.6) is 0 Å². The SMILES string of the molecule is C=C/C(=C\C=C(/C=C)C(C)(C)C)C(=O)C1=CC(C)C=C(C(=O)C(/C=C\C(=C/C)OC(C)(C)C)=C/C)C=C1. The third-order valence-corrected chi connectivity index (χ3v) is 5.57. The predicted octanol–water partition coefficient (Wildman–Crippen LogP) is 8.68. The summed E-state index contributed by atoms with van der Waals surface area (Å²) in [4.78, 5) is 26.6. The Balaban J connectivity index is 3.21. The second-order valence-electron chi connectivity index (χ2n) is 11.0. The normalized spacial score (nSPS) is 18.2. The summed E-state index contributed by atoms with van der Waals surface area (Å²) in [5, 5.41) is 0. The van der Waals surface area contributed by atoms with Gasteiger partial charge >= 0.3 is 0 Å². The van der Waals surface area contributed by atoms with Crippen molar-refractivity contribution in [2.75, 3.05) is 0 Å². The molecule has 0 radical (unpaired) electrons.